The largest absolute Gasteiger partial charge is 0.497 e. The molecule has 0 radical (unpaired) electrons. The lowest BCUT2D eigenvalue weighted by Gasteiger charge is -2.17. The zero-order valence-corrected chi connectivity index (χ0v) is 9.83. The highest BCUT2D eigenvalue weighted by Crippen LogP contribution is 2.33. The molecule has 0 aliphatic rings. The van der Waals surface area contributed by atoms with Crippen molar-refractivity contribution >= 4 is 0 Å². The number of rotatable bonds is 4. The molecule has 3 heteroatoms. The third kappa shape index (κ3) is 2.42. The van der Waals surface area contributed by atoms with E-state index in [-0.39, 0.29) is 5.92 Å². The highest BCUT2D eigenvalue weighted by atomic mass is 16.5. The molecule has 1 aromatic rings. The van der Waals surface area contributed by atoms with Gasteiger partial charge in [0, 0.05) is 5.56 Å². The van der Waals surface area contributed by atoms with Crippen molar-refractivity contribution in [3.8, 4) is 11.5 Å². The third-order valence-corrected chi connectivity index (χ3v) is 2.60. The van der Waals surface area contributed by atoms with Gasteiger partial charge in [-0.05, 0) is 37.1 Å². The zero-order chi connectivity index (χ0) is 11.4. The van der Waals surface area contributed by atoms with Crippen LogP contribution in [0.1, 0.15) is 24.0 Å². The Balaban J connectivity index is 3.25. The number of methoxy groups -OCH3 is 2. The molecule has 1 aromatic carbocycles. The summed E-state index contributed by atoms with van der Waals surface area (Å²) in [5, 5.41) is 0. The van der Waals surface area contributed by atoms with Crippen molar-refractivity contribution in [1.82, 2.24) is 0 Å². The first kappa shape index (κ1) is 11.9. The molecule has 0 aliphatic carbocycles. The van der Waals surface area contributed by atoms with E-state index in [1.807, 2.05) is 19.1 Å². The normalized spacial score (nSPS) is 12.3. The van der Waals surface area contributed by atoms with Crippen LogP contribution in [-0.4, -0.2) is 20.8 Å². The molecule has 3 nitrogen and oxygen atoms in total. The maximum atomic E-state index is 5.67. The molecule has 1 rings (SSSR count). The Morgan fingerprint density at radius 3 is 2.40 bits per heavy atom. The van der Waals surface area contributed by atoms with Crippen molar-refractivity contribution in [2.75, 3.05) is 20.8 Å². The molecule has 0 aromatic heterocycles. The van der Waals surface area contributed by atoms with Gasteiger partial charge < -0.3 is 15.2 Å². The number of hydrogen-bond acceptors (Lipinski definition) is 3. The van der Waals surface area contributed by atoms with E-state index in [0.29, 0.717) is 6.54 Å². The van der Waals surface area contributed by atoms with Crippen LogP contribution in [0.5, 0.6) is 11.5 Å². The minimum absolute atomic E-state index is 0.272. The number of hydrogen-bond donors (Lipinski definition) is 1. The molecule has 0 fully saturated rings. The fourth-order valence-electron chi connectivity index (χ4n) is 1.66. The molecule has 0 aliphatic heterocycles. The lowest BCUT2D eigenvalue weighted by Crippen LogP contribution is -2.10. The molecule has 15 heavy (non-hydrogen) atoms. The van der Waals surface area contributed by atoms with E-state index in [2.05, 4.69) is 6.92 Å². The van der Waals surface area contributed by atoms with Gasteiger partial charge >= 0.3 is 0 Å². The summed E-state index contributed by atoms with van der Waals surface area (Å²) in [5.74, 6) is 2.03. The first-order valence-electron chi connectivity index (χ1n) is 5.06. The van der Waals surface area contributed by atoms with Gasteiger partial charge in [0.25, 0.3) is 0 Å². The van der Waals surface area contributed by atoms with Crippen LogP contribution < -0.4 is 15.2 Å². The average molecular weight is 209 g/mol. The fourth-order valence-corrected chi connectivity index (χ4v) is 1.66. The monoisotopic (exact) mass is 209 g/mol. The molecule has 2 N–H and O–H groups in total. The van der Waals surface area contributed by atoms with Gasteiger partial charge in [-0.1, -0.05) is 6.92 Å². The van der Waals surface area contributed by atoms with Gasteiger partial charge in [-0.25, -0.2) is 0 Å². The van der Waals surface area contributed by atoms with Crippen molar-refractivity contribution in [1.29, 1.82) is 0 Å². The Bertz CT molecular complexity index is 337. The summed E-state index contributed by atoms with van der Waals surface area (Å²) in [6.45, 7) is 4.69. The molecule has 0 spiro atoms. The molecule has 1 unspecified atom stereocenters. The van der Waals surface area contributed by atoms with Crippen molar-refractivity contribution in [2.45, 2.75) is 19.8 Å². The molecule has 0 saturated carbocycles. The van der Waals surface area contributed by atoms with Gasteiger partial charge in [-0.3, -0.25) is 0 Å². The van der Waals surface area contributed by atoms with Crippen molar-refractivity contribution in [2.24, 2.45) is 5.73 Å². The Hall–Kier alpha value is -1.22. The van der Waals surface area contributed by atoms with E-state index >= 15 is 0 Å². The van der Waals surface area contributed by atoms with Crippen LogP contribution in [0.25, 0.3) is 0 Å². The third-order valence-electron chi connectivity index (χ3n) is 2.60. The van der Waals surface area contributed by atoms with Crippen LogP contribution in [0.15, 0.2) is 12.1 Å². The number of nitrogens with two attached hydrogens (primary N) is 1. The Kier molecular flexibility index (Phi) is 3.97. The zero-order valence-electron chi connectivity index (χ0n) is 9.83. The second-order valence-electron chi connectivity index (χ2n) is 3.70. The van der Waals surface area contributed by atoms with Crippen LogP contribution in [-0.2, 0) is 0 Å². The van der Waals surface area contributed by atoms with E-state index < -0.39 is 0 Å². The Labute approximate surface area is 91.2 Å². The summed E-state index contributed by atoms with van der Waals surface area (Å²) in [7, 11) is 3.35. The summed E-state index contributed by atoms with van der Waals surface area (Å²) in [6.07, 6.45) is 0. The maximum Gasteiger partial charge on any atom is 0.125 e. The summed E-state index contributed by atoms with van der Waals surface area (Å²) >= 11 is 0. The van der Waals surface area contributed by atoms with Crippen LogP contribution in [0.3, 0.4) is 0 Å². The minimum Gasteiger partial charge on any atom is -0.497 e. The van der Waals surface area contributed by atoms with Crippen LogP contribution >= 0.6 is 0 Å². The lowest BCUT2D eigenvalue weighted by molar-refractivity contribution is 0.393. The van der Waals surface area contributed by atoms with E-state index in [4.69, 9.17) is 15.2 Å². The molecular formula is C12H19NO2. The molecule has 84 valence electrons. The topological polar surface area (TPSA) is 44.5 Å². The van der Waals surface area contributed by atoms with Crippen molar-refractivity contribution < 1.29 is 9.47 Å². The first-order chi connectivity index (χ1) is 7.13. The molecule has 1 atom stereocenters. The minimum atomic E-state index is 0.272. The molecule has 0 bridgehead atoms. The van der Waals surface area contributed by atoms with Crippen LogP contribution in [0, 0.1) is 6.92 Å². The smallest absolute Gasteiger partial charge is 0.125 e. The predicted molar refractivity (Wildman–Crippen MR) is 61.8 cm³/mol. The molecular weight excluding hydrogens is 190 g/mol. The Morgan fingerprint density at radius 1 is 1.27 bits per heavy atom. The second kappa shape index (κ2) is 5.03. The van der Waals surface area contributed by atoms with Gasteiger partial charge in [-0.2, -0.15) is 0 Å². The van der Waals surface area contributed by atoms with E-state index in [1.165, 1.54) is 0 Å². The summed E-state index contributed by atoms with van der Waals surface area (Å²) in [5.41, 5.74) is 7.86. The quantitative estimate of drug-likeness (QED) is 0.825. The van der Waals surface area contributed by atoms with E-state index in [1.54, 1.807) is 14.2 Å². The van der Waals surface area contributed by atoms with Crippen LogP contribution in [0.4, 0.5) is 0 Å². The summed E-state index contributed by atoms with van der Waals surface area (Å²) in [6, 6.07) is 3.95. The van der Waals surface area contributed by atoms with Gasteiger partial charge in [-0.15, -0.1) is 0 Å². The highest BCUT2D eigenvalue weighted by Gasteiger charge is 2.14. The van der Waals surface area contributed by atoms with Gasteiger partial charge in [0.2, 0.25) is 0 Å². The predicted octanol–water partition coefficient (Wildman–Crippen LogP) is 2.07. The second-order valence-corrected chi connectivity index (χ2v) is 3.70. The van der Waals surface area contributed by atoms with E-state index in [0.717, 1.165) is 22.6 Å². The average Bonchev–Trinajstić information content (AvgIpc) is 2.26. The highest BCUT2D eigenvalue weighted by molar-refractivity contribution is 5.48. The van der Waals surface area contributed by atoms with E-state index in [9.17, 15) is 0 Å². The number of aryl methyl sites for hydroxylation is 1. The standard InChI is InChI=1S/C12H19NO2/c1-8-5-10(14-3)6-11(9(2)7-13)12(8)15-4/h5-6,9H,7,13H2,1-4H3. The van der Waals surface area contributed by atoms with Crippen molar-refractivity contribution in [3.05, 3.63) is 23.3 Å². The first-order valence-corrected chi connectivity index (χ1v) is 5.06. The maximum absolute atomic E-state index is 5.67. The lowest BCUT2D eigenvalue weighted by atomic mass is 9.97. The number of benzene rings is 1. The fraction of sp³-hybridized carbons (Fsp3) is 0.500. The van der Waals surface area contributed by atoms with Gasteiger partial charge in [0.05, 0.1) is 14.2 Å². The molecule has 0 heterocycles. The SMILES string of the molecule is COc1cc(C)c(OC)c(C(C)CN)c1. The molecule has 0 saturated heterocycles. The number of ether oxygens (including phenoxy) is 2. The van der Waals surface area contributed by atoms with Crippen LogP contribution in [0.2, 0.25) is 0 Å². The summed E-state index contributed by atoms with van der Waals surface area (Å²) < 4.78 is 10.6. The van der Waals surface area contributed by atoms with Gasteiger partial charge in [0.1, 0.15) is 11.5 Å². The van der Waals surface area contributed by atoms with Crippen molar-refractivity contribution in [3.63, 3.8) is 0 Å². The van der Waals surface area contributed by atoms with Gasteiger partial charge in [0.15, 0.2) is 0 Å². The Morgan fingerprint density at radius 2 is 1.93 bits per heavy atom. The summed E-state index contributed by atoms with van der Waals surface area (Å²) in [4.78, 5) is 0. The molecule has 0 amide bonds.